The average molecular weight is 442 g/mol. The van der Waals surface area contributed by atoms with Gasteiger partial charge in [0.05, 0.1) is 6.10 Å². The van der Waals surface area contributed by atoms with Crippen LogP contribution < -0.4 is 18.9 Å². The number of hydrogen-bond acceptors (Lipinski definition) is 9. The first kappa shape index (κ1) is 23.0. The number of carbonyl (C=O) groups excluding carboxylic acids is 4. The lowest BCUT2D eigenvalue weighted by molar-refractivity contribution is -0.134. The van der Waals surface area contributed by atoms with Gasteiger partial charge in [0.15, 0.2) is 11.5 Å². The van der Waals surface area contributed by atoms with Crippen LogP contribution in [-0.2, 0) is 30.3 Å². The van der Waals surface area contributed by atoms with Crippen LogP contribution >= 0.6 is 0 Å². The van der Waals surface area contributed by atoms with E-state index in [2.05, 4.69) is 0 Å². The molecule has 2 aromatic carbocycles. The minimum Gasteiger partial charge on any atom is -0.427 e. The molecule has 1 aliphatic rings. The highest BCUT2D eigenvalue weighted by atomic mass is 16.6. The number of ether oxygens (including phenoxy) is 5. The molecule has 0 saturated carbocycles. The summed E-state index contributed by atoms with van der Waals surface area (Å²) >= 11 is 0. The molecule has 9 nitrogen and oxygen atoms in total. The summed E-state index contributed by atoms with van der Waals surface area (Å²) < 4.78 is 26.4. The smallest absolute Gasteiger partial charge is 0.308 e. The quantitative estimate of drug-likeness (QED) is 0.362. The third-order valence-corrected chi connectivity index (χ3v) is 4.34. The molecule has 9 heteroatoms. The van der Waals surface area contributed by atoms with Gasteiger partial charge in [0, 0.05) is 45.7 Å². The zero-order valence-electron chi connectivity index (χ0n) is 18.0. The molecule has 2 aromatic rings. The molecular formula is C23H22O9. The van der Waals surface area contributed by atoms with Crippen LogP contribution in [0.15, 0.2) is 36.4 Å². The summed E-state index contributed by atoms with van der Waals surface area (Å²) in [7, 11) is 0. The van der Waals surface area contributed by atoms with Crippen molar-refractivity contribution in [3.05, 3.63) is 47.5 Å². The van der Waals surface area contributed by atoms with Gasteiger partial charge in [0.2, 0.25) is 0 Å². The molecule has 1 saturated heterocycles. The lowest BCUT2D eigenvalue weighted by atomic mass is 10.0. The maximum atomic E-state index is 11.6. The topological polar surface area (TPSA) is 118 Å². The van der Waals surface area contributed by atoms with Crippen LogP contribution in [0.1, 0.15) is 44.9 Å². The van der Waals surface area contributed by atoms with Crippen LogP contribution in [0.2, 0.25) is 0 Å². The van der Waals surface area contributed by atoms with Crippen molar-refractivity contribution in [1.29, 1.82) is 0 Å². The Bertz CT molecular complexity index is 1060. The van der Waals surface area contributed by atoms with E-state index in [9.17, 15) is 19.2 Å². The molecule has 168 valence electrons. The van der Waals surface area contributed by atoms with Crippen molar-refractivity contribution in [3.63, 3.8) is 0 Å². The van der Waals surface area contributed by atoms with Crippen LogP contribution in [0.5, 0.6) is 23.0 Å². The van der Waals surface area contributed by atoms with Gasteiger partial charge in [0.25, 0.3) is 0 Å². The zero-order valence-corrected chi connectivity index (χ0v) is 18.0. The Morgan fingerprint density at radius 1 is 0.750 bits per heavy atom. The maximum Gasteiger partial charge on any atom is 0.308 e. The first-order chi connectivity index (χ1) is 15.1. The molecule has 0 radical (unpaired) electrons. The van der Waals surface area contributed by atoms with Gasteiger partial charge in [-0.05, 0) is 23.8 Å². The van der Waals surface area contributed by atoms with Crippen molar-refractivity contribution in [3.8, 4) is 23.0 Å². The van der Waals surface area contributed by atoms with E-state index < -0.39 is 23.9 Å². The number of esters is 4. The molecule has 0 N–H and O–H groups in total. The van der Waals surface area contributed by atoms with E-state index in [-0.39, 0.29) is 29.5 Å². The van der Waals surface area contributed by atoms with Crippen LogP contribution in [-0.4, -0.2) is 30.0 Å². The Hall–Kier alpha value is -3.72. The molecule has 0 aromatic heterocycles. The van der Waals surface area contributed by atoms with Crippen molar-refractivity contribution in [1.82, 2.24) is 0 Å². The number of rotatable bonds is 7. The highest BCUT2D eigenvalue weighted by Crippen LogP contribution is 2.45. The fourth-order valence-corrected chi connectivity index (χ4v) is 3.20. The lowest BCUT2D eigenvalue weighted by Gasteiger charge is -2.15. The van der Waals surface area contributed by atoms with Gasteiger partial charge in [-0.15, -0.1) is 0 Å². The molecule has 1 aliphatic heterocycles. The van der Waals surface area contributed by atoms with E-state index in [4.69, 9.17) is 23.7 Å². The summed E-state index contributed by atoms with van der Waals surface area (Å²) in [6.07, 6.45) is -0.203. The SMILES string of the molecule is CC(=O)Oc1ccc([C@H]2O[C@H]2Cc2cc(OC(C)=O)cc(OC(C)=O)c2OC(C)=O)cc1. The molecule has 0 amide bonds. The molecule has 1 fully saturated rings. The Balaban J connectivity index is 1.85. The standard InChI is InChI=1S/C23H22O9/c1-12(24)28-18-7-5-16(6-8-18)22-20(32-22)10-17-9-19(29-13(2)25)11-21(30-14(3)26)23(17)31-15(4)27/h5-9,11,20,22H,10H2,1-4H3/t20-,22+/m0/s1. The Morgan fingerprint density at radius 2 is 1.31 bits per heavy atom. The average Bonchev–Trinajstić information content (AvgIpc) is 3.42. The van der Waals surface area contributed by atoms with E-state index in [1.165, 1.54) is 39.8 Å². The van der Waals surface area contributed by atoms with E-state index in [1.54, 1.807) is 24.3 Å². The predicted molar refractivity (Wildman–Crippen MR) is 109 cm³/mol. The highest BCUT2D eigenvalue weighted by Gasteiger charge is 2.41. The van der Waals surface area contributed by atoms with Crippen molar-refractivity contribution in [2.24, 2.45) is 0 Å². The van der Waals surface area contributed by atoms with Gasteiger partial charge >= 0.3 is 23.9 Å². The van der Waals surface area contributed by atoms with Crippen molar-refractivity contribution < 1.29 is 42.9 Å². The van der Waals surface area contributed by atoms with Gasteiger partial charge in [-0.25, -0.2) is 0 Å². The Kier molecular flexibility index (Phi) is 6.89. The molecule has 32 heavy (non-hydrogen) atoms. The van der Waals surface area contributed by atoms with Gasteiger partial charge in [-0.1, -0.05) is 12.1 Å². The van der Waals surface area contributed by atoms with Gasteiger partial charge < -0.3 is 23.7 Å². The van der Waals surface area contributed by atoms with E-state index in [0.29, 0.717) is 17.7 Å². The van der Waals surface area contributed by atoms with Crippen LogP contribution in [0.25, 0.3) is 0 Å². The van der Waals surface area contributed by atoms with Crippen LogP contribution in [0.3, 0.4) is 0 Å². The van der Waals surface area contributed by atoms with Gasteiger partial charge in [-0.3, -0.25) is 19.2 Å². The van der Waals surface area contributed by atoms with Crippen LogP contribution in [0, 0.1) is 0 Å². The summed E-state index contributed by atoms with van der Waals surface area (Å²) in [5.74, 6) is -1.61. The fraction of sp³-hybridized carbons (Fsp3) is 0.304. The fourth-order valence-electron chi connectivity index (χ4n) is 3.20. The molecule has 0 aliphatic carbocycles. The van der Waals surface area contributed by atoms with Gasteiger partial charge in [0.1, 0.15) is 17.6 Å². The van der Waals surface area contributed by atoms with Crippen molar-refractivity contribution in [2.45, 2.75) is 46.3 Å². The van der Waals surface area contributed by atoms with Crippen molar-refractivity contribution >= 4 is 23.9 Å². The minimum absolute atomic E-state index is 0.0376. The zero-order chi connectivity index (χ0) is 23.4. The van der Waals surface area contributed by atoms with Crippen LogP contribution in [0.4, 0.5) is 0 Å². The first-order valence-corrected chi connectivity index (χ1v) is 9.78. The second-order valence-electron chi connectivity index (χ2n) is 7.15. The second kappa shape index (κ2) is 9.61. The van der Waals surface area contributed by atoms with E-state index in [1.807, 2.05) is 0 Å². The molecule has 2 atom stereocenters. The molecular weight excluding hydrogens is 420 g/mol. The molecule has 1 heterocycles. The highest BCUT2D eigenvalue weighted by molar-refractivity contribution is 5.76. The summed E-state index contributed by atoms with van der Waals surface area (Å²) in [5.41, 5.74) is 1.34. The number of carbonyl (C=O) groups is 4. The summed E-state index contributed by atoms with van der Waals surface area (Å²) in [5, 5.41) is 0. The first-order valence-electron chi connectivity index (χ1n) is 9.78. The maximum absolute atomic E-state index is 11.6. The normalized spacial score (nSPS) is 16.6. The number of benzene rings is 2. The summed E-state index contributed by atoms with van der Waals surface area (Å²) in [6, 6.07) is 9.75. The molecule has 0 spiro atoms. The predicted octanol–water partition coefficient (Wildman–Crippen LogP) is 3.07. The van der Waals surface area contributed by atoms with E-state index >= 15 is 0 Å². The molecule has 0 unspecified atom stereocenters. The largest absolute Gasteiger partial charge is 0.427 e. The third-order valence-electron chi connectivity index (χ3n) is 4.34. The third kappa shape index (κ3) is 6.14. The Labute approximate surface area is 184 Å². The monoisotopic (exact) mass is 442 g/mol. The Morgan fingerprint density at radius 3 is 1.88 bits per heavy atom. The van der Waals surface area contributed by atoms with Crippen molar-refractivity contribution in [2.75, 3.05) is 0 Å². The lowest BCUT2D eigenvalue weighted by Crippen LogP contribution is -2.11. The number of epoxide rings is 1. The molecule has 0 bridgehead atoms. The number of hydrogen-bond donors (Lipinski definition) is 0. The molecule has 3 rings (SSSR count). The summed E-state index contributed by atoms with van der Waals surface area (Å²) in [6.45, 7) is 4.99. The summed E-state index contributed by atoms with van der Waals surface area (Å²) in [4.78, 5) is 45.6. The minimum atomic E-state index is -0.627. The van der Waals surface area contributed by atoms with E-state index in [0.717, 1.165) is 5.56 Å². The second-order valence-corrected chi connectivity index (χ2v) is 7.15. The van der Waals surface area contributed by atoms with Gasteiger partial charge in [-0.2, -0.15) is 0 Å².